The van der Waals surface area contributed by atoms with E-state index in [1.165, 1.54) is 0 Å². The first-order chi connectivity index (χ1) is 9.51. The summed E-state index contributed by atoms with van der Waals surface area (Å²) in [6.07, 6.45) is 0.857. The molecule has 1 aromatic carbocycles. The van der Waals surface area contributed by atoms with Crippen molar-refractivity contribution in [3.05, 3.63) is 51.9 Å². The minimum atomic E-state index is -0.0133. The van der Waals surface area contributed by atoms with Crippen LogP contribution in [0.4, 0.5) is 0 Å². The predicted molar refractivity (Wildman–Crippen MR) is 86.8 cm³/mol. The molecule has 0 amide bonds. The predicted octanol–water partition coefficient (Wildman–Crippen LogP) is 5.47. The van der Waals surface area contributed by atoms with Crippen molar-refractivity contribution >= 4 is 35.0 Å². The zero-order valence-corrected chi connectivity index (χ0v) is 13.7. The second-order valence-corrected chi connectivity index (χ2v) is 6.66. The summed E-state index contributed by atoms with van der Waals surface area (Å²) in [5.41, 5.74) is 6.24. The lowest BCUT2D eigenvalue weighted by molar-refractivity contribution is 0.454. The normalized spacial score (nSPS) is 14.2. The average Bonchev–Trinajstić information content (AvgIpc) is 2.85. The zero-order chi connectivity index (χ0) is 14.7. The molecule has 2 aromatic rings. The van der Waals surface area contributed by atoms with Crippen LogP contribution in [0.25, 0.3) is 0 Å². The van der Waals surface area contributed by atoms with E-state index in [0.717, 1.165) is 22.8 Å². The van der Waals surface area contributed by atoms with Gasteiger partial charge in [0.1, 0.15) is 11.5 Å². The quantitative estimate of drug-likeness (QED) is 0.739. The van der Waals surface area contributed by atoms with Crippen LogP contribution < -0.4 is 5.73 Å². The van der Waals surface area contributed by atoms with Crippen molar-refractivity contribution in [1.29, 1.82) is 0 Å². The van der Waals surface area contributed by atoms with Gasteiger partial charge in [-0.3, -0.25) is 0 Å². The van der Waals surface area contributed by atoms with E-state index in [0.29, 0.717) is 10.0 Å². The van der Waals surface area contributed by atoms with Crippen molar-refractivity contribution in [1.82, 2.24) is 0 Å². The van der Waals surface area contributed by atoms with Crippen LogP contribution in [0.1, 0.15) is 30.1 Å². The van der Waals surface area contributed by atoms with E-state index in [2.05, 4.69) is 6.92 Å². The monoisotopic (exact) mass is 329 g/mol. The molecule has 0 spiro atoms. The molecule has 2 rings (SSSR count). The summed E-state index contributed by atoms with van der Waals surface area (Å²) in [5, 5.41) is 1.36. The van der Waals surface area contributed by atoms with Crippen LogP contribution in [0.5, 0.6) is 0 Å². The maximum absolute atomic E-state index is 6.24. The smallest absolute Gasteiger partial charge is 0.119 e. The highest BCUT2D eigenvalue weighted by atomic mass is 35.5. The number of nitrogens with two attached hydrogens (primary N) is 1. The number of furan rings is 1. The minimum Gasteiger partial charge on any atom is -0.465 e. The molecule has 1 aromatic heterocycles. The average molecular weight is 330 g/mol. The molecule has 2 unspecified atom stereocenters. The Morgan fingerprint density at radius 2 is 2.00 bits per heavy atom. The number of aryl methyl sites for hydroxylation is 1. The van der Waals surface area contributed by atoms with Crippen molar-refractivity contribution in [3.63, 3.8) is 0 Å². The maximum atomic E-state index is 6.24. The first kappa shape index (κ1) is 15.8. The Balaban J connectivity index is 2.30. The lowest BCUT2D eigenvalue weighted by Gasteiger charge is -2.21. The molecule has 2 atom stereocenters. The second kappa shape index (κ2) is 6.90. The Morgan fingerprint density at radius 3 is 2.60 bits per heavy atom. The first-order valence-electron chi connectivity index (χ1n) is 6.45. The summed E-state index contributed by atoms with van der Waals surface area (Å²) in [6, 6.07) is 9.35. The van der Waals surface area contributed by atoms with Gasteiger partial charge in [0.05, 0.1) is 10.3 Å². The topological polar surface area (TPSA) is 39.2 Å². The van der Waals surface area contributed by atoms with Gasteiger partial charge in [0, 0.05) is 16.0 Å². The van der Waals surface area contributed by atoms with E-state index in [4.69, 9.17) is 33.4 Å². The molecule has 0 aliphatic rings. The third kappa shape index (κ3) is 3.73. The summed E-state index contributed by atoms with van der Waals surface area (Å²) in [7, 11) is 0. The fourth-order valence-electron chi connectivity index (χ4n) is 1.88. The van der Waals surface area contributed by atoms with Crippen molar-refractivity contribution < 1.29 is 4.42 Å². The molecule has 2 nitrogen and oxygen atoms in total. The molecule has 108 valence electrons. The SMILES string of the molecule is CCC(N)C(Sc1cc(Cl)ccc1Cl)c1ccc(C)o1. The third-order valence-electron chi connectivity index (χ3n) is 3.05. The van der Waals surface area contributed by atoms with Crippen LogP contribution in [0, 0.1) is 6.92 Å². The lowest BCUT2D eigenvalue weighted by Crippen LogP contribution is -2.25. The molecule has 1 heterocycles. The van der Waals surface area contributed by atoms with E-state index < -0.39 is 0 Å². The van der Waals surface area contributed by atoms with Crippen molar-refractivity contribution in [3.8, 4) is 0 Å². The number of halogens is 2. The highest BCUT2D eigenvalue weighted by Gasteiger charge is 2.24. The summed E-state index contributed by atoms with van der Waals surface area (Å²) >= 11 is 13.9. The summed E-state index contributed by atoms with van der Waals surface area (Å²) < 4.78 is 5.73. The van der Waals surface area contributed by atoms with Gasteiger partial charge in [-0.05, 0) is 43.7 Å². The molecule has 0 aliphatic carbocycles. The largest absolute Gasteiger partial charge is 0.465 e. The van der Waals surface area contributed by atoms with Gasteiger partial charge in [0.15, 0.2) is 0 Å². The van der Waals surface area contributed by atoms with Crippen LogP contribution >= 0.6 is 35.0 Å². The van der Waals surface area contributed by atoms with Crippen molar-refractivity contribution in [2.24, 2.45) is 5.73 Å². The van der Waals surface area contributed by atoms with Gasteiger partial charge in [-0.1, -0.05) is 30.1 Å². The molecule has 0 radical (unpaired) electrons. The van der Waals surface area contributed by atoms with E-state index in [-0.39, 0.29) is 11.3 Å². The van der Waals surface area contributed by atoms with Gasteiger partial charge in [-0.25, -0.2) is 0 Å². The van der Waals surface area contributed by atoms with Crippen LogP contribution in [0.15, 0.2) is 39.6 Å². The number of rotatable bonds is 5. The maximum Gasteiger partial charge on any atom is 0.119 e. The summed E-state index contributed by atoms with van der Waals surface area (Å²) in [6.45, 7) is 3.99. The van der Waals surface area contributed by atoms with Gasteiger partial charge in [-0.2, -0.15) is 0 Å². The van der Waals surface area contributed by atoms with Gasteiger partial charge in [0.25, 0.3) is 0 Å². The first-order valence-corrected chi connectivity index (χ1v) is 8.08. The highest BCUT2D eigenvalue weighted by Crippen LogP contribution is 2.42. The van der Waals surface area contributed by atoms with Gasteiger partial charge < -0.3 is 10.2 Å². The standard InChI is InChI=1S/C15H17Cl2NOS/c1-3-12(18)15(13-7-4-9(2)19-13)20-14-8-10(16)5-6-11(14)17/h4-8,12,15H,3,18H2,1-2H3. The Kier molecular flexibility index (Phi) is 5.44. The molecule has 0 bridgehead atoms. The van der Waals surface area contributed by atoms with E-state index in [1.54, 1.807) is 23.9 Å². The van der Waals surface area contributed by atoms with Crippen molar-refractivity contribution in [2.45, 2.75) is 36.5 Å². The van der Waals surface area contributed by atoms with Crippen LogP contribution in [0.2, 0.25) is 10.0 Å². The third-order valence-corrected chi connectivity index (χ3v) is 5.15. The number of thioether (sulfide) groups is 1. The summed E-state index contributed by atoms with van der Waals surface area (Å²) in [5.74, 6) is 1.75. The summed E-state index contributed by atoms with van der Waals surface area (Å²) in [4.78, 5) is 0.919. The Morgan fingerprint density at radius 1 is 1.25 bits per heavy atom. The number of hydrogen-bond donors (Lipinski definition) is 1. The number of hydrogen-bond acceptors (Lipinski definition) is 3. The number of benzene rings is 1. The zero-order valence-electron chi connectivity index (χ0n) is 11.4. The Labute approximate surface area is 133 Å². The fraction of sp³-hybridized carbons (Fsp3) is 0.333. The molecule has 20 heavy (non-hydrogen) atoms. The molecule has 0 fully saturated rings. The second-order valence-electron chi connectivity index (χ2n) is 4.63. The van der Waals surface area contributed by atoms with Gasteiger partial charge >= 0.3 is 0 Å². The molecular formula is C15H17Cl2NOS. The van der Waals surface area contributed by atoms with Gasteiger partial charge in [-0.15, -0.1) is 11.8 Å². The van der Waals surface area contributed by atoms with Crippen molar-refractivity contribution in [2.75, 3.05) is 0 Å². The van der Waals surface area contributed by atoms with Crippen LogP contribution in [0.3, 0.4) is 0 Å². The molecule has 0 saturated carbocycles. The lowest BCUT2D eigenvalue weighted by atomic mass is 10.1. The van der Waals surface area contributed by atoms with E-state index in [1.807, 2.05) is 25.1 Å². The molecule has 0 saturated heterocycles. The van der Waals surface area contributed by atoms with E-state index in [9.17, 15) is 0 Å². The molecule has 5 heteroatoms. The Bertz CT molecular complexity index is 585. The molecule has 0 aliphatic heterocycles. The Hall–Kier alpha value is -0.610. The fourth-order valence-corrected chi connectivity index (χ4v) is 3.63. The van der Waals surface area contributed by atoms with E-state index >= 15 is 0 Å². The highest BCUT2D eigenvalue weighted by molar-refractivity contribution is 7.99. The van der Waals surface area contributed by atoms with Crippen LogP contribution in [-0.2, 0) is 0 Å². The van der Waals surface area contributed by atoms with Gasteiger partial charge in [0.2, 0.25) is 0 Å². The molecule has 2 N–H and O–H groups in total. The molecular weight excluding hydrogens is 313 g/mol. The van der Waals surface area contributed by atoms with Crippen LogP contribution in [-0.4, -0.2) is 6.04 Å². The minimum absolute atomic E-state index is 0.0133.